The Labute approximate surface area is 98.2 Å². The summed E-state index contributed by atoms with van der Waals surface area (Å²) < 4.78 is 2.16. The van der Waals surface area contributed by atoms with E-state index >= 15 is 0 Å². The molecule has 0 radical (unpaired) electrons. The molecule has 2 heterocycles. The molecule has 80 valence electrons. The predicted molar refractivity (Wildman–Crippen MR) is 68.8 cm³/mol. The highest BCUT2D eigenvalue weighted by Gasteiger charge is 2.10. The van der Waals surface area contributed by atoms with Crippen molar-refractivity contribution < 1.29 is 0 Å². The summed E-state index contributed by atoms with van der Waals surface area (Å²) in [6, 6.07) is 8.41. The molecule has 3 aromatic rings. The number of nitrogens with zero attached hydrogens (tertiary/aromatic N) is 2. The van der Waals surface area contributed by atoms with Crippen molar-refractivity contribution in [1.82, 2.24) is 9.55 Å². The second-order valence-electron chi connectivity index (χ2n) is 3.95. The molecular formula is C13H12N2S. The van der Waals surface area contributed by atoms with Gasteiger partial charge in [0.1, 0.15) is 5.82 Å². The van der Waals surface area contributed by atoms with E-state index in [9.17, 15) is 0 Å². The number of thiophene rings is 1. The van der Waals surface area contributed by atoms with Crippen LogP contribution in [0, 0.1) is 6.92 Å². The van der Waals surface area contributed by atoms with Crippen LogP contribution in [0.4, 0.5) is 0 Å². The third-order valence-corrected chi connectivity index (χ3v) is 3.58. The van der Waals surface area contributed by atoms with Crippen LogP contribution in [0.2, 0.25) is 0 Å². The van der Waals surface area contributed by atoms with Crippen LogP contribution in [-0.2, 0) is 7.05 Å². The number of para-hydroxylation sites is 1. The van der Waals surface area contributed by atoms with Crippen LogP contribution < -0.4 is 0 Å². The van der Waals surface area contributed by atoms with Crippen molar-refractivity contribution in [1.29, 1.82) is 0 Å². The molecule has 3 rings (SSSR count). The van der Waals surface area contributed by atoms with E-state index in [2.05, 4.69) is 53.6 Å². The maximum Gasteiger partial charge on any atom is 0.141 e. The van der Waals surface area contributed by atoms with Crippen molar-refractivity contribution in [3.63, 3.8) is 0 Å². The minimum atomic E-state index is 1.05. The largest absolute Gasteiger partial charge is 0.327 e. The first-order chi connectivity index (χ1) is 7.77. The average molecular weight is 228 g/mol. The van der Waals surface area contributed by atoms with Crippen molar-refractivity contribution >= 4 is 22.4 Å². The molecule has 0 saturated carbocycles. The van der Waals surface area contributed by atoms with Gasteiger partial charge in [0.15, 0.2) is 0 Å². The van der Waals surface area contributed by atoms with Gasteiger partial charge in [-0.05, 0) is 30.0 Å². The third-order valence-electron chi connectivity index (χ3n) is 2.89. The van der Waals surface area contributed by atoms with E-state index in [1.54, 1.807) is 11.3 Å². The van der Waals surface area contributed by atoms with Gasteiger partial charge in [0, 0.05) is 18.0 Å². The van der Waals surface area contributed by atoms with Crippen molar-refractivity contribution in [3.8, 4) is 11.4 Å². The second kappa shape index (κ2) is 3.46. The number of imidazole rings is 1. The zero-order valence-electron chi connectivity index (χ0n) is 9.27. The number of hydrogen-bond acceptors (Lipinski definition) is 2. The molecule has 0 spiro atoms. The minimum Gasteiger partial charge on any atom is -0.327 e. The summed E-state index contributed by atoms with van der Waals surface area (Å²) in [4.78, 5) is 4.72. The molecule has 0 atom stereocenters. The molecule has 0 fully saturated rings. The summed E-state index contributed by atoms with van der Waals surface area (Å²) >= 11 is 1.70. The van der Waals surface area contributed by atoms with Crippen molar-refractivity contribution in [3.05, 3.63) is 40.6 Å². The fraction of sp³-hybridized carbons (Fsp3) is 0.154. The lowest BCUT2D eigenvalue weighted by Crippen LogP contribution is -1.90. The summed E-state index contributed by atoms with van der Waals surface area (Å²) in [6.45, 7) is 2.10. The Morgan fingerprint density at radius 3 is 2.81 bits per heavy atom. The van der Waals surface area contributed by atoms with E-state index < -0.39 is 0 Å². The highest BCUT2D eigenvalue weighted by atomic mass is 32.1. The quantitative estimate of drug-likeness (QED) is 0.622. The Balaban J connectivity index is 2.36. The molecule has 2 nitrogen and oxygen atoms in total. The lowest BCUT2D eigenvalue weighted by atomic mass is 10.2. The number of fused-ring (bicyclic) bond motifs is 1. The van der Waals surface area contributed by atoms with E-state index in [1.807, 2.05) is 0 Å². The van der Waals surface area contributed by atoms with Gasteiger partial charge in [-0.2, -0.15) is 11.3 Å². The van der Waals surface area contributed by atoms with Crippen molar-refractivity contribution in [2.45, 2.75) is 6.92 Å². The van der Waals surface area contributed by atoms with Crippen LogP contribution >= 0.6 is 11.3 Å². The second-order valence-corrected chi connectivity index (χ2v) is 4.73. The van der Waals surface area contributed by atoms with Gasteiger partial charge in [0.2, 0.25) is 0 Å². The summed E-state index contributed by atoms with van der Waals surface area (Å²) in [7, 11) is 2.07. The smallest absolute Gasteiger partial charge is 0.141 e. The van der Waals surface area contributed by atoms with Crippen LogP contribution in [0.15, 0.2) is 35.0 Å². The fourth-order valence-corrected chi connectivity index (χ4v) is 2.64. The highest BCUT2D eigenvalue weighted by Crippen LogP contribution is 2.26. The first-order valence-corrected chi connectivity index (χ1v) is 6.16. The first kappa shape index (κ1) is 9.60. The topological polar surface area (TPSA) is 17.8 Å². The Morgan fingerprint density at radius 1 is 1.25 bits per heavy atom. The number of aryl methyl sites for hydroxylation is 2. The van der Waals surface area contributed by atoms with Gasteiger partial charge in [-0.25, -0.2) is 4.98 Å². The molecule has 0 aliphatic rings. The zero-order chi connectivity index (χ0) is 11.1. The predicted octanol–water partition coefficient (Wildman–Crippen LogP) is 3.61. The molecule has 0 N–H and O–H groups in total. The molecule has 2 aromatic heterocycles. The molecule has 3 heteroatoms. The Morgan fingerprint density at radius 2 is 2.12 bits per heavy atom. The van der Waals surface area contributed by atoms with Crippen LogP contribution in [0.5, 0.6) is 0 Å². The summed E-state index contributed by atoms with van der Waals surface area (Å²) in [6.07, 6.45) is 0. The molecule has 0 unspecified atom stereocenters. The Hall–Kier alpha value is -1.61. The van der Waals surface area contributed by atoms with Gasteiger partial charge < -0.3 is 4.57 Å². The van der Waals surface area contributed by atoms with Gasteiger partial charge in [-0.15, -0.1) is 0 Å². The van der Waals surface area contributed by atoms with Gasteiger partial charge >= 0.3 is 0 Å². The van der Waals surface area contributed by atoms with Crippen molar-refractivity contribution in [2.75, 3.05) is 0 Å². The molecule has 0 aliphatic carbocycles. The summed E-state index contributed by atoms with van der Waals surface area (Å²) in [5, 5.41) is 4.22. The molecule has 0 amide bonds. The monoisotopic (exact) mass is 228 g/mol. The maximum atomic E-state index is 4.72. The van der Waals surface area contributed by atoms with E-state index in [0.717, 1.165) is 11.3 Å². The van der Waals surface area contributed by atoms with Crippen LogP contribution in [0.3, 0.4) is 0 Å². The van der Waals surface area contributed by atoms with E-state index in [0.29, 0.717) is 0 Å². The highest BCUT2D eigenvalue weighted by molar-refractivity contribution is 7.08. The van der Waals surface area contributed by atoms with Gasteiger partial charge in [0.25, 0.3) is 0 Å². The molecule has 1 aromatic carbocycles. The standard InChI is InChI=1S/C13H12N2S/c1-9-4-3-5-11-12(9)14-13(15(11)2)10-6-7-16-8-10/h3-8H,1-2H3. The lowest BCUT2D eigenvalue weighted by molar-refractivity contribution is 0.960. The van der Waals surface area contributed by atoms with Crippen LogP contribution in [0.25, 0.3) is 22.4 Å². The fourth-order valence-electron chi connectivity index (χ4n) is 2.00. The molecular weight excluding hydrogens is 216 g/mol. The first-order valence-electron chi connectivity index (χ1n) is 5.22. The van der Waals surface area contributed by atoms with Gasteiger partial charge in [-0.1, -0.05) is 12.1 Å². The number of hydrogen-bond donors (Lipinski definition) is 0. The average Bonchev–Trinajstić information content (AvgIpc) is 2.88. The normalized spacial score (nSPS) is 11.1. The third kappa shape index (κ3) is 1.28. The SMILES string of the molecule is Cc1cccc2c1nc(-c1ccsc1)n2C. The number of aromatic nitrogens is 2. The molecule has 0 aliphatic heterocycles. The molecule has 0 saturated heterocycles. The molecule has 0 bridgehead atoms. The van der Waals surface area contributed by atoms with E-state index in [-0.39, 0.29) is 0 Å². The maximum absolute atomic E-state index is 4.72. The number of rotatable bonds is 1. The Bertz CT molecular complexity index is 635. The summed E-state index contributed by atoms with van der Waals surface area (Å²) in [5.74, 6) is 1.05. The summed E-state index contributed by atoms with van der Waals surface area (Å²) in [5.41, 5.74) is 4.73. The Kier molecular flexibility index (Phi) is 2.07. The van der Waals surface area contributed by atoms with E-state index in [4.69, 9.17) is 4.98 Å². The van der Waals surface area contributed by atoms with Gasteiger partial charge in [0.05, 0.1) is 11.0 Å². The van der Waals surface area contributed by atoms with Gasteiger partial charge in [-0.3, -0.25) is 0 Å². The van der Waals surface area contributed by atoms with Crippen molar-refractivity contribution in [2.24, 2.45) is 7.05 Å². The minimum absolute atomic E-state index is 1.05. The number of benzene rings is 1. The lowest BCUT2D eigenvalue weighted by Gasteiger charge is -1.99. The zero-order valence-corrected chi connectivity index (χ0v) is 10.1. The van der Waals surface area contributed by atoms with Crippen LogP contribution in [-0.4, -0.2) is 9.55 Å². The molecule has 16 heavy (non-hydrogen) atoms. The van der Waals surface area contributed by atoms with Crippen LogP contribution in [0.1, 0.15) is 5.56 Å². The van der Waals surface area contributed by atoms with E-state index in [1.165, 1.54) is 16.6 Å².